The van der Waals surface area contributed by atoms with E-state index in [9.17, 15) is 14.7 Å². The van der Waals surface area contributed by atoms with Crippen LogP contribution in [0.3, 0.4) is 0 Å². The predicted molar refractivity (Wildman–Crippen MR) is 91.2 cm³/mol. The van der Waals surface area contributed by atoms with Crippen LogP contribution in [0.1, 0.15) is 5.56 Å². The molecule has 1 aliphatic rings. The number of carbonyl (C=O) groups excluding carboxylic acids is 1. The molecule has 0 saturated heterocycles. The molecule has 1 atom stereocenters. The van der Waals surface area contributed by atoms with Crippen LogP contribution in [0.2, 0.25) is 0 Å². The summed E-state index contributed by atoms with van der Waals surface area (Å²) in [5.41, 5.74) is 1.32. The predicted octanol–water partition coefficient (Wildman–Crippen LogP) is 2.28. The SMILES string of the molecule is O=C(Nc1ccc2c(c1)OCCO2)N[C@H](Cc1ccccc1)C(=O)O. The van der Waals surface area contributed by atoms with Crippen LogP contribution in [0.4, 0.5) is 10.5 Å². The number of amides is 2. The van der Waals surface area contributed by atoms with Crippen LogP contribution >= 0.6 is 0 Å². The van der Waals surface area contributed by atoms with E-state index in [4.69, 9.17) is 9.47 Å². The number of ether oxygens (including phenoxy) is 2. The largest absolute Gasteiger partial charge is 0.486 e. The van der Waals surface area contributed by atoms with E-state index < -0.39 is 18.0 Å². The van der Waals surface area contributed by atoms with Gasteiger partial charge in [0, 0.05) is 18.2 Å². The van der Waals surface area contributed by atoms with Crippen LogP contribution in [-0.2, 0) is 11.2 Å². The van der Waals surface area contributed by atoms with Crippen LogP contribution < -0.4 is 20.1 Å². The van der Waals surface area contributed by atoms with Crippen LogP contribution in [0.15, 0.2) is 48.5 Å². The first-order chi connectivity index (χ1) is 12.1. The highest BCUT2D eigenvalue weighted by Crippen LogP contribution is 2.32. The van der Waals surface area contributed by atoms with Gasteiger partial charge in [0.05, 0.1) is 0 Å². The molecule has 0 spiro atoms. The van der Waals surface area contributed by atoms with Crippen molar-refractivity contribution in [1.29, 1.82) is 0 Å². The number of nitrogens with one attached hydrogen (secondary N) is 2. The van der Waals surface area contributed by atoms with Crippen molar-refractivity contribution in [3.63, 3.8) is 0 Å². The molecule has 1 heterocycles. The molecule has 0 aliphatic carbocycles. The average Bonchev–Trinajstić information content (AvgIpc) is 2.62. The number of hydrogen-bond donors (Lipinski definition) is 3. The van der Waals surface area contributed by atoms with Gasteiger partial charge in [-0.25, -0.2) is 9.59 Å². The highest BCUT2D eigenvalue weighted by atomic mass is 16.6. The van der Waals surface area contributed by atoms with E-state index in [1.54, 1.807) is 18.2 Å². The van der Waals surface area contributed by atoms with Gasteiger partial charge in [-0.05, 0) is 17.7 Å². The molecule has 7 heteroatoms. The maximum absolute atomic E-state index is 12.1. The van der Waals surface area contributed by atoms with E-state index in [0.29, 0.717) is 30.4 Å². The Morgan fingerprint density at radius 2 is 1.76 bits per heavy atom. The van der Waals surface area contributed by atoms with Gasteiger partial charge in [0.15, 0.2) is 11.5 Å². The van der Waals surface area contributed by atoms with Gasteiger partial charge >= 0.3 is 12.0 Å². The second kappa shape index (κ2) is 7.57. The fourth-order valence-electron chi connectivity index (χ4n) is 2.50. The molecule has 25 heavy (non-hydrogen) atoms. The lowest BCUT2D eigenvalue weighted by atomic mass is 10.1. The topological polar surface area (TPSA) is 96.9 Å². The van der Waals surface area contributed by atoms with Gasteiger partial charge in [-0.3, -0.25) is 0 Å². The lowest BCUT2D eigenvalue weighted by Crippen LogP contribution is -2.44. The first-order valence-electron chi connectivity index (χ1n) is 7.86. The average molecular weight is 342 g/mol. The molecule has 0 radical (unpaired) electrons. The maximum Gasteiger partial charge on any atom is 0.326 e. The summed E-state index contributed by atoms with van der Waals surface area (Å²) < 4.78 is 10.9. The normalized spacial score (nSPS) is 13.6. The minimum absolute atomic E-state index is 0.199. The zero-order chi connectivity index (χ0) is 17.6. The van der Waals surface area contributed by atoms with Crippen molar-refractivity contribution in [2.24, 2.45) is 0 Å². The van der Waals surface area contributed by atoms with Crippen molar-refractivity contribution in [1.82, 2.24) is 5.32 Å². The Morgan fingerprint density at radius 1 is 1.04 bits per heavy atom. The second-order valence-corrected chi connectivity index (χ2v) is 5.54. The van der Waals surface area contributed by atoms with Crippen molar-refractivity contribution in [2.75, 3.05) is 18.5 Å². The molecule has 0 unspecified atom stereocenters. The molecule has 3 N–H and O–H groups in total. The Kier molecular flexibility index (Phi) is 5.03. The maximum atomic E-state index is 12.1. The van der Waals surface area contributed by atoms with Crippen molar-refractivity contribution in [2.45, 2.75) is 12.5 Å². The van der Waals surface area contributed by atoms with Crippen molar-refractivity contribution < 1.29 is 24.2 Å². The highest BCUT2D eigenvalue weighted by molar-refractivity contribution is 5.92. The summed E-state index contributed by atoms with van der Waals surface area (Å²) in [6, 6.07) is 12.5. The Morgan fingerprint density at radius 3 is 2.48 bits per heavy atom. The number of fused-ring (bicyclic) bond motifs is 1. The van der Waals surface area contributed by atoms with Crippen LogP contribution in [0.25, 0.3) is 0 Å². The third kappa shape index (κ3) is 4.41. The fourth-order valence-corrected chi connectivity index (χ4v) is 2.50. The number of carbonyl (C=O) groups is 2. The molecule has 0 fully saturated rings. The third-order valence-electron chi connectivity index (χ3n) is 3.69. The first-order valence-corrected chi connectivity index (χ1v) is 7.86. The quantitative estimate of drug-likeness (QED) is 0.774. The number of carboxylic acids is 1. The van der Waals surface area contributed by atoms with Crippen LogP contribution in [0.5, 0.6) is 11.5 Å². The smallest absolute Gasteiger partial charge is 0.326 e. The van der Waals surface area contributed by atoms with E-state index in [0.717, 1.165) is 5.56 Å². The molecule has 0 aromatic heterocycles. The summed E-state index contributed by atoms with van der Waals surface area (Å²) in [5.74, 6) is 0.0639. The summed E-state index contributed by atoms with van der Waals surface area (Å²) in [4.78, 5) is 23.5. The molecule has 1 aliphatic heterocycles. The third-order valence-corrected chi connectivity index (χ3v) is 3.69. The zero-order valence-electron chi connectivity index (χ0n) is 13.4. The van der Waals surface area contributed by atoms with Gasteiger partial charge in [0.25, 0.3) is 0 Å². The summed E-state index contributed by atoms with van der Waals surface area (Å²) >= 11 is 0. The van der Waals surface area contributed by atoms with Gasteiger partial charge in [-0.1, -0.05) is 30.3 Å². The van der Waals surface area contributed by atoms with Crippen molar-refractivity contribution in [3.8, 4) is 11.5 Å². The summed E-state index contributed by atoms with van der Waals surface area (Å²) in [5, 5.41) is 14.4. The lowest BCUT2D eigenvalue weighted by molar-refractivity contribution is -0.139. The van der Waals surface area contributed by atoms with Crippen LogP contribution in [0, 0.1) is 0 Å². The second-order valence-electron chi connectivity index (χ2n) is 5.54. The minimum Gasteiger partial charge on any atom is -0.486 e. The number of hydrogen-bond acceptors (Lipinski definition) is 4. The summed E-state index contributed by atoms with van der Waals surface area (Å²) in [7, 11) is 0. The Balaban J connectivity index is 1.62. The molecule has 3 rings (SSSR count). The molecular weight excluding hydrogens is 324 g/mol. The number of aliphatic carboxylic acids is 1. The van der Waals surface area contributed by atoms with Gasteiger partial charge in [0.1, 0.15) is 19.3 Å². The lowest BCUT2D eigenvalue weighted by Gasteiger charge is -2.19. The van der Waals surface area contributed by atoms with E-state index in [1.165, 1.54) is 0 Å². The molecule has 7 nitrogen and oxygen atoms in total. The standard InChI is InChI=1S/C18H18N2O5/c21-17(22)14(10-12-4-2-1-3-5-12)20-18(23)19-13-6-7-15-16(11-13)25-9-8-24-15/h1-7,11,14H,8-10H2,(H,21,22)(H2,19,20,23)/t14-/m1/s1. The van der Waals surface area contributed by atoms with E-state index in [-0.39, 0.29) is 6.42 Å². The van der Waals surface area contributed by atoms with E-state index >= 15 is 0 Å². The summed E-state index contributed by atoms with van der Waals surface area (Å²) in [6.45, 7) is 0.931. The molecule has 130 valence electrons. The van der Waals surface area contributed by atoms with Gasteiger partial charge in [0.2, 0.25) is 0 Å². The number of anilines is 1. The monoisotopic (exact) mass is 342 g/mol. The van der Waals surface area contributed by atoms with Crippen LogP contribution in [-0.4, -0.2) is 36.4 Å². The first kappa shape index (κ1) is 16.6. The molecule has 2 amide bonds. The molecule has 2 aromatic rings. The number of carboxylic acid groups (broad SMARTS) is 1. The number of rotatable bonds is 5. The van der Waals surface area contributed by atoms with Gasteiger partial charge in [-0.15, -0.1) is 0 Å². The zero-order valence-corrected chi connectivity index (χ0v) is 13.4. The fraction of sp³-hybridized carbons (Fsp3) is 0.222. The molecule has 2 aromatic carbocycles. The van der Waals surface area contributed by atoms with E-state index in [1.807, 2.05) is 30.3 Å². The van der Waals surface area contributed by atoms with Crippen molar-refractivity contribution in [3.05, 3.63) is 54.1 Å². The van der Waals surface area contributed by atoms with Gasteiger partial charge in [-0.2, -0.15) is 0 Å². The van der Waals surface area contributed by atoms with Crippen molar-refractivity contribution >= 4 is 17.7 Å². The molecule has 0 saturated carbocycles. The summed E-state index contributed by atoms with van der Waals surface area (Å²) in [6.07, 6.45) is 0.199. The Labute approximate surface area is 144 Å². The van der Waals surface area contributed by atoms with Gasteiger partial charge < -0.3 is 25.2 Å². The minimum atomic E-state index is -1.10. The van der Waals surface area contributed by atoms with E-state index in [2.05, 4.69) is 10.6 Å². The number of benzene rings is 2. The highest BCUT2D eigenvalue weighted by Gasteiger charge is 2.21. The number of urea groups is 1. The molecule has 0 bridgehead atoms. The molecular formula is C18H18N2O5. The Hall–Kier alpha value is -3.22. The Bertz CT molecular complexity index is 763.